The van der Waals surface area contributed by atoms with Gasteiger partial charge in [-0.15, -0.1) is 5.10 Å². The molecule has 1 fully saturated rings. The first-order valence-corrected chi connectivity index (χ1v) is 7.02. The molecule has 1 aromatic heterocycles. The number of ether oxygens (including phenoxy) is 1. The Kier molecular flexibility index (Phi) is 3.54. The highest BCUT2D eigenvalue weighted by atomic mass is 16.5. The average molecular weight is 273 g/mol. The van der Waals surface area contributed by atoms with E-state index < -0.39 is 0 Å². The topological polar surface area (TPSA) is 78.8 Å². The molecule has 0 unspecified atom stereocenters. The number of benzene rings is 1. The molecule has 1 saturated carbocycles. The molecule has 6 heteroatoms. The second-order valence-electron chi connectivity index (χ2n) is 5.21. The molecule has 1 aromatic carbocycles. The number of hydrogen-bond donors (Lipinski definition) is 1. The van der Waals surface area contributed by atoms with E-state index in [9.17, 15) is 0 Å². The van der Waals surface area contributed by atoms with Gasteiger partial charge in [-0.1, -0.05) is 19.3 Å². The summed E-state index contributed by atoms with van der Waals surface area (Å²) in [5.41, 5.74) is 7.44. The molecule has 0 spiro atoms. The second-order valence-corrected chi connectivity index (χ2v) is 5.21. The van der Waals surface area contributed by atoms with Gasteiger partial charge in [0.1, 0.15) is 5.75 Å². The molecule has 2 N–H and O–H groups in total. The number of aromatic nitrogens is 4. The van der Waals surface area contributed by atoms with Gasteiger partial charge >= 0.3 is 0 Å². The summed E-state index contributed by atoms with van der Waals surface area (Å²) in [5.74, 6) is 2.05. The number of nitrogens with zero attached hydrogens (tertiary/aromatic N) is 4. The number of rotatable bonds is 3. The highest BCUT2D eigenvalue weighted by Crippen LogP contribution is 2.32. The molecule has 3 rings (SSSR count). The van der Waals surface area contributed by atoms with Crippen LogP contribution in [0.25, 0.3) is 5.69 Å². The van der Waals surface area contributed by atoms with Crippen molar-refractivity contribution in [2.24, 2.45) is 0 Å². The van der Waals surface area contributed by atoms with Gasteiger partial charge in [0, 0.05) is 5.92 Å². The maximum absolute atomic E-state index is 5.96. The lowest BCUT2D eigenvalue weighted by molar-refractivity contribution is 0.416. The normalized spacial score (nSPS) is 16.2. The molecule has 0 atom stereocenters. The third-order valence-electron chi connectivity index (χ3n) is 3.92. The summed E-state index contributed by atoms with van der Waals surface area (Å²) >= 11 is 0. The molecule has 2 aromatic rings. The SMILES string of the molecule is COc1ccc(-n2nnnc2C2CCCCC2)cc1N. The predicted molar refractivity (Wildman–Crippen MR) is 75.9 cm³/mol. The minimum Gasteiger partial charge on any atom is -0.495 e. The van der Waals surface area contributed by atoms with Crippen molar-refractivity contribution in [1.82, 2.24) is 20.2 Å². The number of anilines is 1. The summed E-state index contributed by atoms with van der Waals surface area (Å²) in [4.78, 5) is 0. The summed E-state index contributed by atoms with van der Waals surface area (Å²) in [6.07, 6.45) is 6.14. The molecular formula is C14H19N5O. The van der Waals surface area contributed by atoms with Gasteiger partial charge < -0.3 is 10.5 Å². The fourth-order valence-electron chi connectivity index (χ4n) is 2.85. The van der Waals surface area contributed by atoms with Gasteiger partial charge in [-0.05, 0) is 41.5 Å². The summed E-state index contributed by atoms with van der Waals surface area (Å²) < 4.78 is 6.98. The van der Waals surface area contributed by atoms with Gasteiger partial charge in [-0.25, -0.2) is 0 Å². The largest absolute Gasteiger partial charge is 0.495 e. The Balaban J connectivity index is 1.94. The van der Waals surface area contributed by atoms with E-state index in [4.69, 9.17) is 10.5 Å². The van der Waals surface area contributed by atoms with Crippen LogP contribution in [0.4, 0.5) is 5.69 Å². The standard InChI is InChI=1S/C14H19N5O/c1-20-13-8-7-11(9-12(13)15)19-14(16-17-18-19)10-5-3-2-4-6-10/h7-10H,2-6,15H2,1H3. The van der Waals surface area contributed by atoms with E-state index in [0.717, 1.165) is 24.4 Å². The number of hydrogen-bond acceptors (Lipinski definition) is 5. The zero-order valence-corrected chi connectivity index (χ0v) is 11.6. The van der Waals surface area contributed by atoms with Crippen LogP contribution in [-0.4, -0.2) is 27.3 Å². The molecule has 6 nitrogen and oxygen atoms in total. The van der Waals surface area contributed by atoms with E-state index in [1.165, 1.54) is 19.3 Å². The summed E-state index contributed by atoms with van der Waals surface area (Å²) in [6.45, 7) is 0. The number of tetrazole rings is 1. The van der Waals surface area contributed by atoms with Crippen molar-refractivity contribution in [3.63, 3.8) is 0 Å². The van der Waals surface area contributed by atoms with Crippen LogP contribution in [0.3, 0.4) is 0 Å². The second kappa shape index (κ2) is 5.48. The Bertz CT molecular complexity index is 589. The molecule has 1 aliphatic rings. The molecule has 0 amide bonds. The summed E-state index contributed by atoms with van der Waals surface area (Å²) in [6, 6.07) is 5.62. The molecule has 0 bridgehead atoms. The molecule has 106 valence electrons. The maximum Gasteiger partial charge on any atom is 0.159 e. The molecule has 1 aliphatic carbocycles. The van der Waals surface area contributed by atoms with E-state index in [1.807, 2.05) is 18.2 Å². The van der Waals surface area contributed by atoms with Crippen molar-refractivity contribution >= 4 is 5.69 Å². The average Bonchev–Trinajstić information content (AvgIpc) is 2.97. The van der Waals surface area contributed by atoms with Gasteiger partial charge in [0.2, 0.25) is 0 Å². The van der Waals surface area contributed by atoms with Crippen LogP contribution >= 0.6 is 0 Å². The maximum atomic E-state index is 5.96. The van der Waals surface area contributed by atoms with Crippen LogP contribution in [0.2, 0.25) is 0 Å². The van der Waals surface area contributed by atoms with E-state index >= 15 is 0 Å². The first-order valence-electron chi connectivity index (χ1n) is 7.02. The molecule has 20 heavy (non-hydrogen) atoms. The van der Waals surface area contributed by atoms with Gasteiger partial charge in [-0.3, -0.25) is 0 Å². The molecule has 1 heterocycles. The van der Waals surface area contributed by atoms with E-state index in [2.05, 4.69) is 15.5 Å². The van der Waals surface area contributed by atoms with Crippen LogP contribution in [0, 0.1) is 0 Å². The summed E-state index contributed by atoms with van der Waals surface area (Å²) in [7, 11) is 1.61. The van der Waals surface area contributed by atoms with Crippen LogP contribution < -0.4 is 10.5 Å². The Morgan fingerprint density at radius 2 is 2.05 bits per heavy atom. The highest BCUT2D eigenvalue weighted by molar-refractivity contribution is 5.58. The molecular weight excluding hydrogens is 254 g/mol. The Hall–Kier alpha value is -2.11. The zero-order valence-electron chi connectivity index (χ0n) is 11.6. The van der Waals surface area contributed by atoms with Crippen LogP contribution in [0.15, 0.2) is 18.2 Å². The Morgan fingerprint density at radius 1 is 1.25 bits per heavy atom. The van der Waals surface area contributed by atoms with Gasteiger partial charge in [0.25, 0.3) is 0 Å². The monoisotopic (exact) mass is 273 g/mol. The van der Waals surface area contributed by atoms with Gasteiger partial charge in [0.05, 0.1) is 18.5 Å². The Labute approximate surface area is 117 Å². The van der Waals surface area contributed by atoms with Crippen molar-refractivity contribution in [2.45, 2.75) is 38.0 Å². The molecule has 0 radical (unpaired) electrons. The molecule has 0 saturated heterocycles. The number of nitrogen functional groups attached to an aromatic ring is 1. The smallest absolute Gasteiger partial charge is 0.159 e. The zero-order chi connectivity index (χ0) is 13.9. The van der Waals surface area contributed by atoms with Crippen LogP contribution in [0.5, 0.6) is 5.75 Å². The minimum absolute atomic E-state index is 0.446. The fourth-order valence-corrected chi connectivity index (χ4v) is 2.85. The van der Waals surface area contributed by atoms with Crippen molar-refractivity contribution < 1.29 is 4.74 Å². The number of nitrogens with two attached hydrogens (primary N) is 1. The van der Waals surface area contributed by atoms with Gasteiger partial charge in [0.15, 0.2) is 5.82 Å². The van der Waals surface area contributed by atoms with Gasteiger partial charge in [-0.2, -0.15) is 4.68 Å². The third kappa shape index (κ3) is 2.33. The molecule has 0 aliphatic heterocycles. The van der Waals surface area contributed by atoms with Crippen molar-refractivity contribution in [1.29, 1.82) is 0 Å². The van der Waals surface area contributed by atoms with E-state index in [-0.39, 0.29) is 0 Å². The predicted octanol–water partition coefficient (Wildman–Crippen LogP) is 2.30. The first kappa shape index (κ1) is 12.9. The van der Waals surface area contributed by atoms with E-state index in [1.54, 1.807) is 11.8 Å². The fraction of sp³-hybridized carbons (Fsp3) is 0.500. The Morgan fingerprint density at radius 3 is 2.75 bits per heavy atom. The number of methoxy groups -OCH3 is 1. The lowest BCUT2D eigenvalue weighted by atomic mass is 9.88. The van der Waals surface area contributed by atoms with Crippen molar-refractivity contribution in [2.75, 3.05) is 12.8 Å². The quantitative estimate of drug-likeness (QED) is 0.868. The first-order chi connectivity index (χ1) is 9.79. The van der Waals surface area contributed by atoms with Crippen molar-refractivity contribution in [3.8, 4) is 11.4 Å². The van der Waals surface area contributed by atoms with Crippen molar-refractivity contribution in [3.05, 3.63) is 24.0 Å². The highest BCUT2D eigenvalue weighted by Gasteiger charge is 2.22. The van der Waals surface area contributed by atoms with Crippen LogP contribution in [-0.2, 0) is 0 Å². The van der Waals surface area contributed by atoms with Crippen LogP contribution in [0.1, 0.15) is 43.8 Å². The van der Waals surface area contributed by atoms with E-state index in [0.29, 0.717) is 17.4 Å². The third-order valence-corrected chi connectivity index (χ3v) is 3.92. The lowest BCUT2D eigenvalue weighted by Gasteiger charge is -2.20. The lowest BCUT2D eigenvalue weighted by Crippen LogP contribution is -2.12. The minimum atomic E-state index is 0.446. The summed E-state index contributed by atoms with van der Waals surface area (Å²) in [5, 5.41) is 12.2.